The Bertz CT molecular complexity index is 3410. The number of aromatic amines is 2. The van der Waals surface area contributed by atoms with Gasteiger partial charge in [0, 0.05) is 41.1 Å². The van der Waals surface area contributed by atoms with E-state index >= 15 is 0 Å². The van der Waals surface area contributed by atoms with Crippen LogP contribution < -0.4 is 44.9 Å². The van der Waals surface area contributed by atoms with Gasteiger partial charge < -0.3 is 48.2 Å². The number of halogens is 2. The van der Waals surface area contributed by atoms with E-state index in [0.717, 1.165) is 33.6 Å². The largest absolute Gasteiger partial charge is 0.497 e. The average molecular weight is 1020 g/mol. The molecule has 0 saturated heterocycles. The lowest BCUT2D eigenvalue weighted by Crippen LogP contribution is -2.18. The van der Waals surface area contributed by atoms with Crippen LogP contribution in [0.5, 0.6) is 34.5 Å². The number of anilines is 1. The molecule has 0 unspecified atom stereocenters. The SMILES string of the molecule is COc1cc(OC)c2c(=O)[nH]c(-c3cc(C)c(OCCO)c(C)c3)nc2c1.COc1cc(OC)c2c(=O)[nH]c(-c3cc(C)c(OCCOC(=O)Nc4ccc(F)cc4)c(C)c3)nc2c1.O=C=Nc1ccc(F)cc1. The van der Waals surface area contributed by atoms with Crippen molar-refractivity contribution in [3.05, 3.63) is 152 Å². The molecule has 0 aliphatic carbocycles. The molecule has 0 aliphatic rings. The summed E-state index contributed by atoms with van der Waals surface area (Å²) in [4.78, 5) is 65.2. The van der Waals surface area contributed by atoms with Gasteiger partial charge in [0.25, 0.3) is 11.1 Å². The van der Waals surface area contributed by atoms with Crippen LogP contribution in [0, 0.1) is 39.3 Å². The second kappa shape index (κ2) is 25.3. The number of carbonyl (C=O) groups is 1. The van der Waals surface area contributed by atoms with E-state index in [0.29, 0.717) is 79.1 Å². The molecule has 20 heteroatoms. The van der Waals surface area contributed by atoms with Crippen molar-refractivity contribution in [2.24, 2.45) is 4.99 Å². The molecule has 1 amide bonds. The van der Waals surface area contributed by atoms with Gasteiger partial charge in [0.1, 0.15) is 88.4 Å². The number of benzene rings is 6. The van der Waals surface area contributed by atoms with Gasteiger partial charge in [0.2, 0.25) is 6.08 Å². The summed E-state index contributed by atoms with van der Waals surface area (Å²) in [6.07, 6.45) is 0.688. The highest BCUT2D eigenvalue weighted by atomic mass is 19.1. The Labute approximate surface area is 422 Å². The normalized spacial score (nSPS) is 10.5. The molecule has 0 spiro atoms. The van der Waals surface area contributed by atoms with Crippen molar-refractivity contribution in [1.82, 2.24) is 19.9 Å². The van der Waals surface area contributed by atoms with Crippen molar-refractivity contribution in [2.75, 3.05) is 60.2 Å². The number of H-pyrrole nitrogens is 2. The monoisotopic (exact) mass is 1010 g/mol. The highest BCUT2D eigenvalue weighted by Gasteiger charge is 2.17. The van der Waals surface area contributed by atoms with Crippen LogP contribution in [0.4, 0.5) is 25.0 Å². The van der Waals surface area contributed by atoms with Gasteiger partial charge in [-0.05, 0) is 123 Å². The Morgan fingerprint density at radius 1 is 0.622 bits per heavy atom. The van der Waals surface area contributed by atoms with Crippen LogP contribution in [0.3, 0.4) is 0 Å². The minimum absolute atomic E-state index is 0.0108. The number of amides is 1. The Balaban J connectivity index is 0.000000209. The molecule has 0 bridgehead atoms. The maximum absolute atomic E-state index is 13.0. The van der Waals surface area contributed by atoms with E-state index in [-0.39, 0.29) is 43.4 Å². The number of methoxy groups -OCH3 is 4. The number of aliphatic hydroxyl groups excluding tert-OH is 1. The number of isocyanates is 1. The van der Waals surface area contributed by atoms with E-state index in [9.17, 15) is 28.0 Å². The first kappa shape index (κ1) is 54.2. The lowest BCUT2D eigenvalue weighted by atomic mass is 10.0. The van der Waals surface area contributed by atoms with Gasteiger partial charge in [0.15, 0.2) is 0 Å². The topological polar surface area (TPSA) is 235 Å². The number of hydrogen-bond donors (Lipinski definition) is 4. The predicted octanol–water partition coefficient (Wildman–Crippen LogP) is 9.38. The summed E-state index contributed by atoms with van der Waals surface area (Å²) < 4.78 is 62.9. The van der Waals surface area contributed by atoms with Gasteiger partial charge in [-0.15, -0.1) is 0 Å². The molecule has 0 aliphatic heterocycles. The van der Waals surface area contributed by atoms with Crippen LogP contribution in [0.25, 0.3) is 44.6 Å². The molecule has 74 heavy (non-hydrogen) atoms. The summed E-state index contributed by atoms with van der Waals surface area (Å²) in [5.41, 5.74) is 6.05. The van der Waals surface area contributed by atoms with E-state index in [4.69, 9.17) is 38.3 Å². The molecule has 18 nitrogen and oxygen atoms in total. The summed E-state index contributed by atoms with van der Waals surface area (Å²) >= 11 is 0. The zero-order chi connectivity index (χ0) is 53.5. The van der Waals surface area contributed by atoms with Gasteiger partial charge >= 0.3 is 6.09 Å². The first-order valence-electron chi connectivity index (χ1n) is 22.5. The third-order valence-electron chi connectivity index (χ3n) is 10.9. The lowest BCUT2D eigenvalue weighted by molar-refractivity contribution is 0.137. The average Bonchev–Trinajstić information content (AvgIpc) is 3.38. The lowest BCUT2D eigenvalue weighted by Gasteiger charge is -2.15. The highest BCUT2D eigenvalue weighted by Crippen LogP contribution is 2.34. The molecule has 2 heterocycles. The quantitative estimate of drug-likeness (QED) is 0.0426. The number of carbonyl (C=O) groups excluding carboxylic acids is 2. The fourth-order valence-electron chi connectivity index (χ4n) is 7.56. The van der Waals surface area contributed by atoms with E-state index in [1.165, 1.54) is 75.9 Å². The van der Waals surface area contributed by atoms with Crippen LogP contribution in [0.2, 0.25) is 0 Å². The van der Waals surface area contributed by atoms with E-state index in [1.807, 2.05) is 52.0 Å². The Morgan fingerprint density at radius 2 is 1.05 bits per heavy atom. The van der Waals surface area contributed by atoms with Crippen molar-refractivity contribution >= 4 is 45.4 Å². The molecule has 0 fully saturated rings. The highest BCUT2D eigenvalue weighted by molar-refractivity contribution is 5.88. The number of nitrogens with zero attached hydrogens (tertiary/aromatic N) is 3. The zero-order valence-electron chi connectivity index (χ0n) is 41.6. The molecule has 384 valence electrons. The first-order chi connectivity index (χ1) is 35.6. The van der Waals surface area contributed by atoms with E-state index in [2.05, 4.69) is 30.2 Å². The molecule has 6 aromatic carbocycles. The van der Waals surface area contributed by atoms with Crippen LogP contribution in [-0.2, 0) is 9.53 Å². The second-order valence-electron chi connectivity index (χ2n) is 16.0. The smallest absolute Gasteiger partial charge is 0.411 e. The molecule has 8 aromatic rings. The number of aliphatic hydroxyl groups is 1. The van der Waals surface area contributed by atoms with Gasteiger partial charge in [-0.25, -0.2) is 28.3 Å². The second-order valence-corrected chi connectivity index (χ2v) is 16.0. The van der Waals surface area contributed by atoms with Crippen molar-refractivity contribution < 1.29 is 56.6 Å². The summed E-state index contributed by atoms with van der Waals surface area (Å²) in [5.74, 6) is 3.33. The van der Waals surface area contributed by atoms with Gasteiger partial charge in [-0.3, -0.25) is 14.9 Å². The maximum atomic E-state index is 13.0. The van der Waals surface area contributed by atoms with Crippen molar-refractivity contribution in [1.29, 1.82) is 0 Å². The van der Waals surface area contributed by atoms with Gasteiger partial charge in [-0.1, -0.05) is 0 Å². The molecule has 2 aromatic heterocycles. The number of nitrogens with one attached hydrogen (secondary N) is 3. The molecule has 8 rings (SSSR count). The number of ether oxygens (including phenoxy) is 7. The number of rotatable bonds is 15. The maximum Gasteiger partial charge on any atom is 0.411 e. The van der Waals surface area contributed by atoms with Crippen LogP contribution in [-0.4, -0.2) is 92.1 Å². The predicted molar refractivity (Wildman–Crippen MR) is 274 cm³/mol. The van der Waals surface area contributed by atoms with Crippen LogP contribution in [0.1, 0.15) is 22.3 Å². The zero-order valence-corrected chi connectivity index (χ0v) is 41.6. The van der Waals surface area contributed by atoms with Gasteiger partial charge in [0.05, 0.1) is 51.8 Å². The number of aromatic nitrogens is 4. The minimum atomic E-state index is -0.668. The fourth-order valence-corrected chi connectivity index (χ4v) is 7.56. The van der Waals surface area contributed by atoms with Gasteiger partial charge in [-0.2, -0.15) is 4.99 Å². The number of aliphatic imine (C=N–C) groups is 1. The third-order valence-corrected chi connectivity index (χ3v) is 10.9. The summed E-state index contributed by atoms with van der Waals surface area (Å²) in [6, 6.07) is 24.8. The van der Waals surface area contributed by atoms with Crippen molar-refractivity contribution in [2.45, 2.75) is 27.7 Å². The van der Waals surface area contributed by atoms with E-state index < -0.39 is 11.9 Å². The first-order valence-corrected chi connectivity index (χ1v) is 22.5. The van der Waals surface area contributed by atoms with Crippen LogP contribution >= 0.6 is 0 Å². The number of aryl methyl sites for hydroxylation is 4. The summed E-state index contributed by atoms with van der Waals surface area (Å²) in [7, 11) is 6.06. The molecule has 4 N–H and O–H groups in total. The van der Waals surface area contributed by atoms with Crippen molar-refractivity contribution in [3.8, 4) is 57.3 Å². The number of hydrogen-bond acceptors (Lipinski definition) is 15. The summed E-state index contributed by atoms with van der Waals surface area (Å²) in [6.45, 7) is 7.88. The Kier molecular flexibility index (Phi) is 18.5. The Morgan fingerprint density at radius 3 is 1.46 bits per heavy atom. The molecule has 0 saturated carbocycles. The molecule has 0 radical (unpaired) electrons. The van der Waals surface area contributed by atoms with Crippen LogP contribution in [0.15, 0.2) is 112 Å². The molecule has 0 atom stereocenters. The standard InChI is InChI=1S/C27H26FN3O6.C20H22N2O5.C7H4FNO/c1-15-11-17(25-30-21-13-20(34-3)14-22(35-4)23(21)26(32)31-25)12-16(2)24(15)36-9-10-37-27(33)29-19-7-5-18(28)6-8-19;1-11-7-13(8-12(2)18(11)27-6-5-23)19-21-15-9-14(25-3)10-16(26-4)17(15)20(24)22-19;8-6-1-3-7(4-2-6)9-5-10/h5-8,11-14H,9-10H2,1-4H3,(H,29,33)(H,30,31,32);7-10,23H,5-6H2,1-4H3,(H,21,22,24);1-4H. The fraction of sp³-hybridized carbons (Fsp3) is 0.222. The van der Waals surface area contributed by atoms with Crippen molar-refractivity contribution in [3.63, 3.8) is 0 Å². The third kappa shape index (κ3) is 13.6. The Hall–Kier alpha value is -9.13. The van der Waals surface area contributed by atoms with E-state index in [1.54, 1.807) is 31.4 Å². The minimum Gasteiger partial charge on any atom is -0.497 e. The summed E-state index contributed by atoms with van der Waals surface area (Å²) in [5, 5.41) is 12.2. The molecular weight excluding hydrogens is 963 g/mol. The molecular formula is C54H52F2N6O12. The number of fused-ring (bicyclic) bond motifs is 2.